The molecule has 5 nitrogen and oxygen atoms in total. The van der Waals surface area contributed by atoms with Gasteiger partial charge in [-0.3, -0.25) is 4.79 Å². The summed E-state index contributed by atoms with van der Waals surface area (Å²) >= 11 is 0. The van der Waals surface area contributed by atoms with Crippen LogP contribution in [0.2, 0.25) is 0 Å². The highest BCUT2D eigenvalue weighted by Crippen LogP contribution is 2.31. The predicted octanol–water partition coefficient (Wildman–Crippen LogP) is 2.66. The summed E-state index contributed by atoms with van der Waals surface area (Å²) < 4.78 is 1.90. The molecule has 2 aliphatic rings. The van der Waals surface area contributed by atoms with Gasteiger partial charge < -0.3 is 4.90 Å². The first-order valence-corrected chi connectivity index (χ1v) is 8.34. The van der Waals surface area contributed by atoms with E-state index in [0.29, 0.717) is 17.9 Å². The highest BCUT2D eigenvalue weighted by Gasteiger charge is 2.28. The van der Waals surface area contributed by atoms with E-state index in [2.05, 4.69) is 21.9 Å². The number of hydrogen-bond acceptors (Lipinski definition) is 3. The minimum atomic E-state index is 0.301. The highest BCUT2D eigenvalue weighted by atomic mass is 16.2. The number of carbonyl (C=O) groups is 1. The minimum Gasteiger partial charge on any atom is -0.341 e. The lowest BCUT2D eigenvalue weighted by molar-refractivity contribution is -0.134. The van der Waals surface area contributed by atoms with Crippen molar-refractivity contribution in [1.29, 1.82) is 0 Å². The van der Waals surface area contributed by atoms with Gasteiger partial charge in [-0.25, -0.2) is 9.67 Å². The molecule has 0 radical (unpaired) electrons. The van der Waals surface area contributed by atoms with Gasteiger partial charge in [0.1, 0.15) is 12.7 Å². The molecule has 21 heavy (non-hydrogen) atoms. The molecule has 1 aromatic heterocycles. The number of aromatic nitrogens is 3. The van der Waals surface area contributed by atoms with Crippen molar-refractivity contribution >= 4 is 5.91 Å². The molecule has 0 bridgehead atoms. The Hall–Kier alpha value is -1.39. The van der Waals surface area contributed by atoms with Crippen molar-refractivity contribution < 1.29 is 4.79 Å². The molecule has 3 atom stereocenters. The SMILES string of the molecule is C[C@@H]1CCC[C@H](CC(=O)N2CCC[C@@H](n3cncn3)C2)C1. The highest BCUT2D eigenvalue weighted by molar-refractivity contribution is 5.76. The topological polar surface area (TPSA) is 51.0 Å². The van der Waals surface area contributed by atoms with Crippen molar-refractivity contribution in [1.82, 2.24) is 19.7 Å². The maximum atomic E-state index is 12.6. The third-order valence-electron chi connectivity index (χ3n) is 5.07. The third-order valence-corrected chi connectivity index (χ3v) is 5.07. The van der Waals surface area contributed by atoms with Gasteiger partial charge in [0.2, 0.25) is 5.91 Å². The number of likely N-dealkylation sites (tertiary alicyclic amines) is 1. The van der Waals surface area contributed by atoms with E-state index in [4.69, 9.17) is 0 Å². The normalized spacial score (nSPS) is 30.3. The third kappa shape index (κ3) is 3.63. The van der Waals surface area contributed by atoms with Crippen LogP contribution in [0.25, 0.3) is 0 Å². The molecule has 0 N–H and O–H groups in total. The zero-order valence-electron chi connectivity index (χ0n) is 12.9. The lowest BCUT2D eigenvalue weighted by Crippen LogP contribution is -2.41. The number of piperidine rings is 1. The maximum Gasteiger partial charge on any atom is 0.222 e. The number of nitrogens with zero attached hydrogens (tertiary/aromatic N) is 4. The van der Waals surface area contributed by atoms with Crippen LogP contribution >= 0.6 is 0 Å². The van der Waals surface area contributed by atoms with Crippen molar-refractivity contribution in [3.63, 3.8) is 0 Å². The van der Waals surface area contributed by atoms with Crippen LogP contribution in [0.5, 0.6) is 0 Å². The van der Waals surface area contributed by atoms with E-state index in [1.54, 1.807) is 12.7 Å². The molecule has 2 heterocycles. The molecule has 2 fully saturated rings. The first kappa shape index (κ1) is 14.5. The van der Waals surface area contributed by atoms with Crippen LogP contribution in [0, 0.1) is 11.8 Å². The van der Waals surface area contributed by atoms with Crippen molar-refractivity contribution in [2.75, 3.05) is 13.1 Å². The van der Waals surface area contributed by atoms with Crippen molar-refractivity contribution in [2.24, 2.45) is 11.8 Å². The average Bonchev–Trinajstić information content (AvgIpc) is 3.02. The minimum absolute atomic E-state index is 0.301. The molecular formula is C16H26N4O. The molecule has 3 rings (SSSR count). The molecule has 0 aromatic carbocycles. The van der Waals surface area contributed by atoms with Crippen LogP contribution in [-0.2, 0) is 4.79 Å². The Morgan fingerprint density at radius 3 is 2.95 bits per heavy atom. The number of hydrogen-bond donors (Lipinski definition) is 0. The smallest absolute Gasteiger partial charge is 0.222 e. The number of carbonyl (C=O) groups excluding carboxylic acids is 1. The van der Waals surface area contributed by atoms with E-state index in [-0.39, 0.29) is 0 Å². The van der Waals surface area contributed by atoms with Crippen LogP contribution in [-0.4, -0.2) is 38.7 Å². The maximum absolute atomic E-state index is 12.6. The fraction of sp³-hybridized carbons (Fsp3) is 0.812. The average molecular weight is 290 g/mol. The quantitative estimate of drug-likeness (QED) is 0.860. The number of rotatable bonds is 3. The van der Waals surface area contributed by atoms with Gasteiger partial charge in [0.25, 0.3) is 0 Å². The Morgan fingerprint density at radius 1 is 1.29 bits per heavy atom. The van der Waals surface area contributed by atoms with E-state index in [0.717, 1.165) is 38.3 Å². The van der Waals surface area contributed by atoms with E-state index in [9.17, 15) is 4.79 Å². The molecule has 1 aliphatic heterocycles. The van der Waals surface area contributed by atoms with Gasteiger partial charge in [-0.1, -0.05) is 19.8 Å². The second-order valence-corrected chi connectivity index (χ2v) is 6.85. The zero-order chi connectivity index (χ0) is 14.7. The summed E-state index contributed by atoms with van der Waals surface area (Å²) in [6, 6.07) is 0.301. The van der Waals surface area contributed by atoms with Gasteiger partial charge in [-0.15, -0.1) is 0 Å². The Morgan fingerprint density at radius 2 is 2.19 bits per heavy atom. The standard InChI is InChI=1S/C16H26N4O/c1-13-4-2-5-14(8-13)9-16(21)19-7-3-6-15(10-19)20-12-17-11-18-20/h11-15H,2-10H2,1H3/t13-,14+,15-/m1/s1. The van der Waals surface area contributed by atoms with Gasteiger partial charge in [0, 0.05) is 19.5 Å². The van der Waals surface area contributed by atoms with Gasteiger partial charge in [0.15, 0.2) is 0 Å². The van der Waals surface area contributed by atoms with E-state index < -0.39 is 0 Å². The van der Waals surface area contributed by atoms with Crippen LogP contribution in [0.1, 0.15) is 57.9 Å². The Kier molecular flexibility index (Phi) is 4.56. The molecule has 1 saturated carbocycles. The Balaban J connectivity index is 1.54. The summed E-state index contributed by atoms with van der Waals surface area (Å²) in [5.41, 5.74) is 0. The molecule has 1 aliphatic carbocycles. The molecule has 1 saturated heterocycles. The summed E-state index contributed by atoms with van der Waals surface area (Å²) in [5.74, 6) is 1.74. The molecule has 1 aromatic rings. The molecule has 5 heteroatoms. The van der Waals surface area contributed by atoms with Gasteiger partial charge >= 0.3 is 0 Å². The fourth-order valence-electron chi connectivity index (χ4n) is 3.92. The van der Waals surface area contributed by atoms with Crippen LogP contribution in [0.3, 0.4) is 0 Å². The van der Waals surface area contributed by atoms with Gasteiger partial charge in [0.05, 0.1) is 6.04 Å². The summed E-state index contributed by atoms with van der Waals surface area (Å²) in [6.45, 7) is 4.02. The number of amides is 1. The fourth-order valence-corrected chi connectivity index (χ4v) is 3.92. The summed E-state index contributed by atoms with van der Waals surface area (Å²) in [6.07, 6.45) is 11.3. The zero-order valence-corrected chi connectivity index (χ0v) is 12.9. The Bertz CT molecular complexity index is 459. The molecular weight excluding hydrogens is 264 g/mol. The molecule has 0 unspecified atom stereocenters. The van der Waals surface area contributed by atoms with E-state index in [1.807, 2.05) is 4.68 Å². The second-order valence-electron chi connectivity index (χ2n) is 6.85. The molecule has 0 spiro atoms. The summed E-state index contributed by atoms with van der Waals surface area (Å²) in [7, 11) is 0. The van der Waals surface area contributed by atoms with E-state index in [1.165, 1.54) is 25.7 Å². The first-order valence-electron chi connectivity index (χ1n) is 8.34. The van der Waals surface area contributed by atoms with Gasteiger partial charge in [-0.05, 0) is 37.5 Å². The van der Waals surface area contributed by atoms with Crippen LogP contribution in [0.4, 0.5) is 0 Å². The monoisotopic (exact) mass is 290 g/mol. The lowest BCUT2D eigenvalue weighted by Gasteiger charge is -2.34. The van der Waals surface area contributed by atoms with Crippen molar-refractivity contribution in [3.8, 4) is 0 Å². The first-order chi connectivity index (χ1) is 10.2. The lowest BCUT2D eigenvalue weighted by atomic mass is 9.80. The van der Waals surface area contributed by atoms with Gasteiger partial charge in [-0.2, -0.15) is 5.10 Å². The molecule has 1 amide bonds. The van der Waals surface area contributed by atoms with E-state index >= 15 is 0 Å². The van der Waals surface area contributed by atoms with Crippen LogP contribution in [0.15, 0.2) is 12.7 Å². The van der Waals surface area contributed by atoms with Crippen LogP contribution < -0.4 is 0 Å². The molecule has 116 valence electrons. The summed E-state index contributed by atoms with van der Waals surface area (Å²) in [5, 5.41) is 4.23. The largest absolute Gasteiger partial charge is 0.341 e. The van der Waals surface area contributed by atoms with Crippen molar-refractivity contribution in [3.05, 3.63) is 12.7 Å². The second kappa shape index (κ2) is 6.58. The van der Waals surface area contributed by atoms with Crippen molar-refractivity contribution in [2.45, 2.75) is 57.9 Å². The summed E-state index contributed by atoms with van der Waals surface area (Å²) in [4.78, 5) is 18.6. The Labute approximate surface area is 126 Å². The predicted molar refractivity (Wildman–Crippen MR) is 80.6 cm³/mol.